The minimum Gasteiger partial charge on any atom is -0.375 e. The van der Waals surface area contributed by atoms with Gasteiger partial charge < -0.3 is 10.0 Å². The average Bonchev–Trinajstić information content (AvgIpc) is 2.97. The molecule has 1 heterocycles. The smallest absolute Gasteiger partial charge is 0.264 e. The van der Waals surface area contributed by atoms with E-state index in [1.165, 1.54) is 6.08 Å². The molecule has 0 spiro atoms. The van der Waals surface area contributed by atoms with E-state index in [1.807, 2.05) is 68.4 Å². The van der Waals surface area contributed by atoms with E-state index in [2.05, 4.69) is 6.07 Å². The molecule has 0 fully saturated rings. The average molecular weight is 412 g/mol. The molecule has 0 radical (unpaired) electrons. The number of rotatable bonds is 6. The number of para-hydroxylation sites is 1. The van der Waals surface area contributed by atoms with Gasteiger partial charge in [0.2, 0.25) is 0 Å². The Kier molecular flexibility index (Phi) is 5.57. The Morgan fingerprint density at radius 3 is 2.48 bits per heavy atom. The largest absolute Gasteiger partial charge is 0.375 e. The van der Waals surface area contributed by atoms with Crippen LogP contribution in [0.3, 0.4) is 0 Å². The molecule has 0 saturated carbocycles. The fourth-order valence-electron chi connectivity index (χ4n) is 4.04. The maximum Gasteiger partial charge on any atom is 0.264 e. The number of ketones is 1. The second kappa shape index (κ2) is 8.32. The number of nitrogens with zero attached hydrogens (tertiary/aromatic N) is 1. The third kappa shape index (κ3) is 4.07. The van der Waals surface area contributed by atoms with Crippen molar-refractivity contribution in [2.24, 2.45) is 0 Å². The van der Waals surface area contributed by atoms with Crippen molar-refractivity contribution in [3.8, 4) is 0 Å². The number of fused-ring (bicyclic) bond motifs is 1. The van der Waals surface area contributed by atoms with Gasteiger partial charge in [-0.15, -0.1) is 0 Å². The van der Waals surface area contributed by atoms with Crippen molar-refractivity contribution >= 4 is 23.5 Å². The van der Waals surface area contributed by atoms with Crippen molar-refractivity contribution in [1.29, 1.82) is 0 Å². The molecule has 0 saturated heterocycles. The number of hydrogen-bond donors (Lipinski definition) is 1. The predicted octanol–water partition coefficient (Wildman–Crippen LogP) is 4.71. The molecule has 4 heteroatoms. The molecule has 0 aliphatic carbocycles. The first-order chi connectivity index (χ1) is 14.9. The summed E-state index contributed by atoms with van der Waals surface area (Å²) < 4.78 is 0. The zero-order chi connectivity index (χ0) is 22.0. The second-order valence-electron chi connectivity index (χ2n) is 8.09. The molecular formula is C27H25NO3. The zero-order valence-electron chi connectivity index (χ0n) is 17.7. The third-order valence-electron chi connectivity index (χ3n) is 5.76. The summed E-state index contributed by atoms with van der Waals surface area (Å²) in [5.74, 6) is -0.765. The van der Waals surface area contributed by atoms with Gasteiger partial charge in [0.05, 0.1) is 18.7 Å². The Hall–Kier alpha value is -3.50. The lowest BCUT2D eigenvalue weighted by atomic mass is 9.89. The van der Waals surface area contributed by atoms with Gasteiger partial charge in [-0.1, -0.05) is 78.4 Å². The summed E-state index contributed by atoms with van der Waals surface area (Å²) in [4.78, 5) is 27.7. The number of anilines is 1. The number of carbonyl (C=O) groups is 2. The minimum absolute atomic E-state index is 0.296. The van der Waals surface area contributed by atoms with Gasteiger partial charge in [-0.25, -0.2) is 0 Å². The van der Waals surface area contributed by atoms with Crippen LogP contribution in [0.15, 0.2) is 78.9 Å². The van der Waals surface area contributed by atoms with E-state index < -0.39 is 11.5 Å². The topological polar surface area (TPSA) is 57.6 Å². The number of aliphatic hydroxyl groups is 1. The quantitative estimate of drug-likeness (QED) is 0.598. The summed E-state index contributed by atoms with van der Waals surface area (Å²) >= 11 is 0. The van der Waals surface area contributed by atoms with Crippen LogP contribution in [0.2, 0.25) is 0 Å². The van der Waals surface area contributed by atoms with Gasteiger partial charge >= 0.3 is 0 Å². The monoisotopic (exact) mass is 411 g/mol. The van der Waals surface area contributed by atoms with Gasteiger partial charge in [-0.2, -0.15) is 0 Å². The maximum atomic E-state index is 13.4. The molecule has 0 aromatic heterocycles. The highest BCUT2D eigenvalue weighted by molar-refractivity contribution is 6.10. The first-order valence-corrected chi connectivity index (χ1v) is 10.3. The highest BCUT2D eigenvalue weighted by atomic mass is 16.3. The van der Waals surface area contributed by atoms with Crippen LogP contribution < -0.4 is 4.90 Å². The Bertz CT molecular complexity index is 1170. The normalized spacial score (nSPS) is 17.9. The van der Waals surface area contributed by atoms with Gasteiger partial charge in [0.1, 0.15) is 0 Å². The Morgan fingerprint density at radius 1 is 1.00 bits per heavy atom. The summed E-state index contributed by atoms with van der Waals surface area (Å²) in [7, 11) is 0. The zero-order valence-corrected chi connectivity index (χ0v) is 17.7. The molecule has 156 valence electrons. The van der Waals surface area contributed by atoms with Crippen molar-refractivity contribution in [2.75, 3.05) is 4.90 Å². The van der Waals surface area contributed by atoms with E-state index in [0.29, 0.717) is 17.8 Å². The third-order valence-corrected chi connectivity index (χ3v) is 5.76. The van der Waals surface area contributed by atoms with Crippen LogP contribution >= 0.6 is 0 Å². The molecular weight excluding hydrogens is 386 g/mol. The standard InChI is InChI=1S/C27H25NO3/c1-19-12-13-20(2)22(16-19)18-28-25-11-7-6-10-24(25)27(31,26(28)30)17-23(29)15-14-21-8-4-3-5-9-21/h3-16,31H,17-18H2,1-2H3/b15-14+/t27-/m1/s1. The number of amides is 1. The van der Waals surface area contributed by atoms with E-state index >= 15 is 0 Å². The number of carbonyl (C=O) groups excluding carboxylic acids is 2. The van der Waals surface area contributed by atoms with Crippen LogP contribution in [0.4, 0.5) is 5.69 Å². The first-order valence-electron chi connectivity index (χ1n) is 10.3. The summed E-state index contributed by atoms with van der Waals surface area (Å²) in [6.07, 6.45) is 2.83. The molecule has 4 rings (SSSR count). The van der Waals surface area contributed by atoms with Crippen LogP contribution in [-0.2, 0) is 21.7 Å². The van der Waals surface area contributed by atoms with E-state index in [4.69, 9.17) is 0 Å². The highest BCUT2D eigenvalue weighted by Crippen LogP contribution is 2.43. The lowest BCUT2D eigenvalue weighted by molar-refractivity contribution is -0.140. The van der Waals surface area contributed by atoms with Crippen LogP contribution in [0.5, 0.6) is 0 Å². The van der Waals surface area contributed by atoms with Gasteiger partial charge in [0.25, 0.3) is 5.91 Å². The molecule has 1 aliphatic rings. The van der Waals surface area contributed by atoms with Crippen molar-refractivity contribution < 1.29 is 14.7 Å². The SMILES string of the molecule is Cc1ccc(C)c(CN2C(=O)[C@@](O)(CC(=O)/C=C/c3ccccc3)c3ccccc32)c1. The Morgan fingerprint density at radius 2 is 1.71 bits per heavy atom. The molecule has 0 unspecified atom stereocenters. The minimum atomic E-state index is -1.87. The van der Waals surface area contributed by atoms with Gasteiger partial charge in [-0.05, 0) is 42.7 Å². The molecule has 3 aromatic rings. The number of hydrogen-bond acceptors (Lipinski definition) is 3. The van der Waals surface area contributed by atoms with E-state index in [-0.39, 0.29) is 12.2 Å². The molecule has 3 aromatic carbocycles. The fourth-order valence-corrected chi connectivity index (χ4v) is 4.04. The molecule has 1 atom stereocenters. The number of aryl methyl sites for hydroxylation is 2. The Labute approximate surface area is 182 Å². The first kappa shape index (κ1) is 20.8. The summed E-state index contributed by atoms with van der Waals surface area (Å²) in [6, 6.07) is 22.7. The molecule has 1 N–H and O–H groups in total. The highest BCUT2D eigenvalue weighted by Gasteiger charge is 2.50. The Balaban J connectivity index is 1.62. The molecule has 1 amide bonds. The van der Waals surface area contributed by atoms with Crippen LogP contribution in [0.1, 0.15) is 34.2 Å². The fraction of sp³-hybridized carbons (Fsp3) is 0.185. The van der Waals surface area contributed by atoms with Crippen molar-refractivity contribution in [3.63, 3.8) is 0 Å². The van der Waals surface area contributed by atoms with E-state index in [0.717, 1.165) is 22.3 Å². The van der Waals surface area contributed by atoms with Crippen LogP contribution in [0.25, 0.3) is 6.08 Å². The number of benzene rings is 3. The van der Waals surface area contributed by atoms with Crippen molar-refractivity contribution in [1.82, 2.24) is 0 Å². The molecule has 1 aliphatic heterocycles. The van der Waals surface area contributed by atoms with Gasteiger partial charge in [0, 0.05) is 5.56 Å². The van der Waals surface area contributed by atoms with Gasteiger partial charge in [-0.3, -0.25) is 9.59 Å². The lowest BCUT2D eigenvalue weighted by Gasteiger charge is -2.23. The van der Waals surface area contributed by atoms with Crippen molar-refractivity contribution in [3.05, 3.63) is 107 Å². The number of allylic oxidation sites excluding steroid dienone is 1. The lowest BCUT2D eigenvalue weighted by Crippen LogP contribution is -2.41. The molecule has 31 heavy (non-hydrogen) atoms. The van der Waals surface area contributed by atoms with E-state index in [9.17, 15) is 14.7 Å². The van der Waals surface area contributed by atoms with Gasteiger partial charge in [0.15, 0.2) is 11.4 Å². The van der Waals surface area contributed by atoms with Crippen LogP contribution in [0, 0.1) is 13.8 Å². The second-order valence-corrected chi connectivity index (χ2v) is 8.09. The summed E-state index contributed by atoms with van der Waals surface area (Å²) in [5, 5.41) is 11.4. The van der Waals surface area contributed by atoms with Crippen molar-refractivity contribution in [2.45, 2.75) is 32.4 Å². The van der Waals surface area contributed by atoms with E-state index in [1.54, 1.807) is 23.1 Å². The van der Waals surface area contributed by atoms with Crippen LogP contribution in [-0.4, -0.2) is 16.8 Å². The summed E-state index contributed by atoms with van der Waals surface area (Å²) in [6.45, 7) is 4.36. The molecule has 0 bridgehead atoms. The molecule has 4 nitrogen and oxygen atoms in total. The maximum absolute atomic E-state index is 13.4. The predicted molar refractivity (Wildman–Crippen MR) is 123 cm³/mol. The summed E-state index contributed by atoms with van der Waals surface area (Å²) in [5.41, 5.74) is 3.35.